The highest BCUT2D eigenvalue weighted by Gasteiger charge is 2.54. The van der Waals surface area contributed by atoms with E-state index in [-0.39, 0.29) is 23.4 Å². The van der Waals surface area contributed by atoms with Crippen molar-refractivity contribution < 1.29 is 9.90 Å². The molecule has 0 heterocycles. The molecule has 3 aliphatic carbocycles. The maximum absolute atomic E-state index is 11.7. The van der Waals surface area contributed by atoms with E-state index >= 15 is 0 Å². The van der Waals surface area contributed by atoms with E-state index in [0.29, 0.717) is 16.3 Å². The van der Waals surface area contributed by atoms with Crippen LogP contribution >= 0.6 is 15.9 Å². The summed E-state index contributed by atoms with van der Waals surface area (Å²) in [4.78, 5) is 11.7. The highest BCUT2D eigenvalue weighted by atomic mass is 79.9. The third-order valence-electron chi connectivity index (χ3n) is 3.52. The van der Waals surface area contributed by atoms with Gasteiger partial charge >= 0.3 is 0 Å². The van der Waals surface area contributed by atoms with Crippen LogP contribution < -0.4 is 0 Å². The van der Waals surface area contributed by atoms with Crippen LogP contribution in [0.25, 0.3) is 0 Å². The van der Waals surface area contributed by atoms with Crippen molar-refractivity contribution in [2.24, 2.45) is 23.7 Å². The second-order valence-corrected chi connectivity index (χ2v) is 4.86. The van der Waals surface area contributed by atoms with Gasteiger partial charge in [0, 0.05) is 11.8 Å². The number of carbonyl (C=O) groups excluding carboxylic acids is 1. The molecule has 3 aliphatic rings. The quantitative estimate of drug-likeness (QED) is 0.660. The maximum atomic E-state index is 11.7. The topological polar surface area (TPSA) is 37.3 Å². The molecule has 13 heavy (non-hydrogen) atoms. The Bertz CT molecular complexity index is 356. The van der Waals surface area contributed by atoms with Crippen molar-refractivity contribution in [3.05, 3.63) is 22.4 Å². The normalized spacial score (nSPS) is 46.4. The Kier molecular flexibility index (Phi) is 1.36. The van der Waals surface area contributed by atoms with Crippen molar-refractivity contribution in [1.29, 1.82) is 0 Å². The number of hydrogen-bond acceptors (Lipinski definition) is 2. The van der Waals surface area contributed by atoms with E-state index in [4.69, 9.17) is 0 Å². The molecule has 1 N–H and O–H groups in total. The first kappa shape index (κ1) is 7.80. The van der Waals surface area contributed by atoms with Gasteiger partial charge < -0.3 is 5.11 Å². The van der Waals surface area contributed by atoms with Gasteiger partial charge in [-0.1, -0.05) is 12.2 Å². The molecular formula is C10H9BrO2. The summed E-state index contributed by atoms with van der Waals surface area (Å²) >= 11 is 3.16. The lowest BCUT2D eigenvalue weighted by Gasteiger charge is -2.18. The number of hydrogen-bond donors (Lipinski definition) is 1. The van der Waals surface area contributed by atoms with Gasteiger partial charge in [0.1, 0.15) is 5.76 Å². The number of Topliss-reactive ketones (excluding diaryl/α,β-unsaturated/α-hetero) is 1. The van der Waals surface area contributed by atoms with E-state index in [0.717, 1.165) is 6.42 Å². The fourth-order valence-corrected chi connectivity index (χ4v) is 3.50. The molecule has 3 rings (SSSR count). The minimum absolute atomic E-state index is 0.0318. The minimum Gasteiger partial charge on any atom is -0.511 e. The Morgan fingerprint density at radius 3 is 2.54 bits per heavy atom. The van der Waals surface area contributed by atoms with E-state index in [1.54, 1.807) is 0 Å². The standard InChI is InChI=1S/C10H9BrO2/c11-8-9(12)6-4-1-2-5(3-4)7(6)10(8)13/h1-2,4-7,12H,3H2/t4-,5-,6-,7-/m0/s1. The molecule has 0 aromatic rings. The monoisotopic (exact) mass is 240 g/mol. The minimum atomic E-state index is 0.0318. The summed E-state index contributed by atoms with van der Waals surface area (Å²) < 4.78 is 0.417. The number of carbonyl (C=O) groups is 1. The highest BCUT2D eigenvalue weighted by molar-refractivity contribution is 9.12. The molecule has 0 aromatic carbocycles. The van der Waals surface area contributed by atoms with Gasteiger partial charge in [0.05, 0.1) is 4.48 Å². The van der Waals surface area contributed by atoms with E-state index in [1.165, 1.54) is 0 Å². The zero-order valence-corrected chi connectivity index (χ0v) is 8.49. The average Bonchev–Trinajstić information content (AvgIpc) is 2.76. The predicted octanol–water partition coefficient (Wildman–Crippen LogP) is 2.17. The van der Waals surface area contributed by atoms with E-state index in [9.17, 15) is 9.90 Å². The van der Waals surface area contributed by atoms with Crippen molar-refractivity contribution in [1.82, 2.24) is 0 Å². The first-order valence-electron chi connectivity index (χ1n) is 4.51. The number of aliphatic hydroxyl groups excluding tert-OH is 1. The first-order chi connectivity index (χ1) is 6.20. The third-order valence-corrected chi connectivity index (χ3v) is 4.32. The summed E-state index contributed by atoms with van der Waals surface area (Å²) in [6.07, 6.45) is 5.31. The first-order valence-corrected chi connectivity index (χ1v) is 5.30. The molecule has 68 valence electrons. The van der Waals surface area contributed by atoms with Gasteiger partial charge in [-0.2, -0.15) is 0 Å². The van der Waals surface area contributed by atoms with Crippen LogP contribution in [0.5, 0.6) is 0 Å². The number of allylic oxidation sites excluding steroid dienone is 4. The molecule has 2 bridgehead atoms. The fraction of sp³-hybridized carbons (Fsp3) is 0.500. The van der Waals surface area contributed by atoms with Crippen molar-refractivity contribution in [3.63, 3.8) is 0 Å². The summed E-state index contributed by atoms with van der Waals surface area (Å²) in [7, 11) is 0. The third kappa shape index (κ3) is 0.766. The lowest BCUT2D eigenvalue weighted by Crippen LogP contribution is -2.21. The number of rotatable bonds is 0. The van der Waals surface area contributed by atoms with Crippen molar-refractivity contribution in [2.75, 3.05) is 0 Å². The molecule has 3 heteroatoms. The molecule has 0 unspecified atom stereocenters. The summed E-state index contributed by atoms with van der Waals surface area (Å²) in [6, 6.07) is 0. The molecule has 0 aliphatic heterocycles. The molecule has 1 fully saturated rings. The Hall–Kier alpha value is -0.570. The van der Waals surface area contributed by atoms with Crippen molar-refractivity contribution in [3.8, 4) is 0 Å². The van der Waals surface area contributed by atoms with Crippen LogP contribution in [0.3, 0.4) is 0 Å². The van der Waals surface area contributed by atoms with E-state index in [2.05, 4.69) is 28.1 Å². The van der Waals surface area contributed by atoms with E-state index < -0.39 is 0 Å². The average molecular weight is 241 g/mol. The van der Waals surface area contributed by atoms with Gasteiger partial charge in [-0.3, -0.25) is 4.79 Å². The molecule has 0 spiro atoms. The molecule has 4 atom stereocenters. The number of ketones is 1. The molecule has 0 saturated heterocycles. The zero-order valence-electron chi connectivity index (χ0n) is 6.90. The van der Waals surface area contributed by atoms with Crippen LogP contribution in [0.1, 0.15) is 6.42 Å². The van der Waals surface area contributed by atoms with Crippen LogP contribution in [0.4, 0.5) is 0 Å². The Balaban J connectivity index is 2.11. The summed E-state index contributed by atoms with van der Waals surface area (Å²) in [5, 5.41) is 9.74. The molecule has 1 saturated carbocycles. The van der Waals surface area contributed by atoms with Gasteiger partial charge in [0.15, 0.2) is 5.78 Å². The van der Waals surface area contributed by atoms with Gasteiger partial charge in [-0.05, 0) is 34.2 Å². The molecule has 0 aromatic heterocycles. The van der Waals surface area contributed by atoms with Crippen LogP contribution in [-0.2, 0) is 4.79 Å². The van der Waals surface area contributed by atoms with Gasteiger partial charge in [0.2, 0.25) is 0 Å². The van der Waals surface area contributed by atoms with Crippen LogP contribution in [0.2, 0.25) is 0 Å². The summed E-state index contributed by atoms with van der Waals surface area (Å²) in [5.74, 6) is 1.26. The zero-order chi connectivity index (χ0) is 9.16. The Labute approximate surface area is 84.5 Å². The second kappa shape index (κ2) is 2.27. The van der Waals surface area contributed by atoms with Gasteiger partial charge in [-0.15, -0.1) is 0 Å². The van der Waals surface area contributed by atoms with E-state index in [1.807, 2.05) is 0 Å². The number of aliphatic hydroxyl groups is 1. The van der Waals surface area contributed by atoms with Crippen LogP contribution in [0, 0.1) is 23.7 Å². The van der Waals surface area contributed by atoms with Crippen molar-refractivity contribution in [2.45, 2.75) is 6.42 Å². The van der Waals surface area contributed by atoms with Crippen molar-refractivity contribution >= 4 is 21.7 Å². The number of fused-ring (bicyclic) bond motifs is 5. The molecular weight excluding hydrogens is 232 g/mol. The van der Waals surface area contributed by atoms with Gasteiger partial charge in [-0.25, -0.2) is 0 Å². The number of halogens is 1. The molecule has 0 radical (unpaired) electrons. The molecule has 2 nitrogen and oxygen atoms in total. The Morgan fingerprint density at radius 2 is 1.92 bits per heavy atom. The second-order valence-electron chi connectivity index (χ2n) is 4.06. The highest BCUT2D eigenvalue weighted by Crippen LogP contribution is 2.56. The lowest BCUT2D eigenvalue weighted by atomic mass is 9.84. The van der Waals surface area contributed by atoms with Gasteiger partial charge in [0.25, 0.3) is 0 Å². The fourth-order valence-electron chi connectivity index (χ4n) is 2.97. The predicted molar refractivity (Wildman–Crippen MR) is 51.3 cm³/mol. The summed E-state index contributed by atoms with van der Waals surface area (Å²) in [6.45, 7) is 0. The Morgan fingerprint density at radius 1 is 1.31 bits per heavy atom. The van der Waals surface area contributed by atoms with Crippen LogP contribution in [-0.4, -0.2) is 10.9 Å². The smallest absolute Gasteiger partial charge is 0.177 e. The summed E-state index contributed by atoms with van der Waals surface area (Å²) in [5.41, 5.74) is 0. The largest absolute Gasteiger partial charge is 0.511 e. The van der Waals surface area contributed by atoms with Crippen LogP contribution in [0.15, 0.2) is 22.4 Å². The maximum Gasteiger partial charge on any atom is 0.177 e. The lowest BCUT2D eigenvalue weighted by molar-refractivity contribution is -0.119. The SMILES string of the molecule is O=C1C(Br)=C(O)[C@@H]2[C@@H]1[C@H]1C=C[C@H]2C1. The molecule has 0 amide bonds.